The zero-order valence-corrected chi connectivity index (χ0v) is 17.1. The Morgan fingerprint density at radius 3 is 2.50 bits per heavy atom. The Morgan fingerprint density at radius 1 is 1.07 bits per heavy atom. The number of carbonyl (C=O) groups excluding carboxylic acids is 1. The second-order valence-corrected chi connectivity index (χ2v) is 8.00. The fraction of sp³-hybridized carbons (Fsp3) is 0.200. The molecule has 0 aliphatic carbocycles. The molecule has 0 bridgehead atoms. The van der Waals surface area contributed by atoms with Crippen molar-refractivity contribution in [2.24, 2.45) is 4.99 Å². The van der Waals surface area contributed by atoms with E-state index in [-0.39, 0.29) is 5.91 Å². The Kier molecular flexibility index (Phi) is 5.92. The van der Waals surface area contributed by atoms with Gasteiger partial charge in [0.1, 0.15) is 11.5 Å². The van der Waals surface area contributed by atoms with Gasteiger partial charge in [0, 0.05) is 18.1 Å². The summed E-state index contributed by atoms with van der Waals surface area (Å²) in [6.07, 6.45) is 1.76. The molecule has 144 valence electrons. The molecule has 8 heteroatoms. The van der Waals surface area contributed by atoms with Crippen LogP contribution in [-0.2, 0) is 9.53 Å². The summed E-state index contributed by atoms with van der Waals surface area (Å²) in [5.41, 5.74) is 0.736. The molecule has 0 spiro atoms. The van der Waals surface area contributed by atoms with Gasteiger partial charge in [-0.25, -0.2) is 0 Å². The van der Waals surface area contributed by atoms with Gasteiger partial charge in [0.05, 0.1) is 23.1 Å². The van der Waals surface area contributed by atoms with Crippen molar-refractivity contribution in [3.63, 3.8) is 0 Å². The largest absolute Gasteiger partial charge is 0.457 e. The van der Waals surface area contributed by atoms with Crippen LogP contribution in [0.25, 0.3) is 6.08 Å². The van der Waals surface area contributed by atoms with Crippen molar-refractivity contribution in [3.8, 4) is 11.5 Å². The van der Waals surface area contributed by atoms with E-state index in [1.54, 1.807) is 42.5 Å². The summed E-state index contributed by atoms with van der Waals surface area (Å²) in [4.78, 5) is 19.0. The highest BCUT2D eigenvalue weighted by atomic mass is 35.5. The van der Waals surface area contributed by atoms with Gasteiger partial charge in [-0.1, -0.05) is 23.2 Å². The maximum atomic E-state index is 12.3. The van der Waals surface area contributed by atoms with Gasteiger partial charge < -0.3 is 14.4 Å². The number of ether oxygens (including phenoxy) is 2. The second kappa shape index (κ2) is 8.57. The van der Waals surface area contributed by atoms with Crippen LogP contribution >= 0.6 is 35.0 Å². The van der Waals surface area contributed by atoms with Crippen LogP contribution < -0.4 is 4.74 Å². The van der Waals surface area contributed by atoms with Crippen LogP contribution in [0.3, 0.4) is 0 Å². The third-order valence-corrected chi connectivity index (χ3v) is 5.82. The molecule has 28 heavy (non-hydrogen) atoms. The quantitative estimate of drug-likeness (QED) is 0.629. The van der Waals surface area contributed by atoms with E-state index < -0.39 is 0 Å². The van der Waals surface area contributed by atoms with Crippen molar-refractivity contribution in [2.45, 2.75) is 0 Å². The molecule has 2 aromatic rings. The van der Waals surface area contributed by atoms with E-state index in [0.717, 1.165) is 23.8 Å². The van der Waals surface area contributed by atoms with E-state index in [1.165, 1.54) is 11.8 Å². The highest BCUT2D eigenvalue weighted by Gasteiger charge is 2.27. The van der Waals surface area contributed by atoms with Crippen molar-refractivity contribution in [3.05, 3.63) is 63.0 Å². The molecule has 1 saturated heterocycles. The zero-order valence-electron chi connectivity index (χ0n) is 14.7. The first-order valence-corrected chi connectivity index (χ1v) is 10.2. The average molecular weight is 435 g/mol. The summed E-state index contributed by atoms with van der Waals surface area (Å²) in [7, 11) is 0. The van der Waals surface area contributed by atoms with Gasteiger partial charge in [-0.3, -0.25) is 4.79 Å². The molecule has 2 aliphatic heterocycles. The second-order valence-electron chi connectivity index (χ2n) is 6.15. The van der Waals surface area contributed by atoms with Gasteiger partial charge in [0.25, 0.3) is 5.91 Å². The number of thioether (sulfide) groups is 1. The van der Waals surface area contributed by atoms with Crippen LogP contribution in [0.2, 0.25) is 10.0 Å². The number of rotatable bonds is 3. The van der Waals surface area contributed by atoms with E-state index in [2.05, 4.69) is 9.89 Å². The summed E-state index contributed by atoms with van der Waals surface area (Å²) < 4.78 is 11.1. The zero-order chi connectivity index (χ0) is 19.5. The number of aliphatic imine (C=N–C) groups is 1. The SMILES string of the molecule is O=C1N=C(N2CCOCC2)SC1=Cc1ccc(Oc2ccc(Cl)cc2)cc1Cl. The lowest BCUT2D eigenvalue weighted by Gasteiger charge is -2.27. The minimum Gasteiger partial charge on any atom is -0.457 e. The molecule has 0 unspecified atom stereocenters. The number of halogens is 2. The summed E-state index contributed by atoms with van der Waals surface area (Å²) in [5, 5.41) is 1.86. The maximum absolute atomic E-state index is 12.3. The molecule has 4 rings (SSSR count). The summed E-state index contributed by atoms with van der Waals surface area (Å²) in [6, 6.07) is 12.4. The molecule has 0 aromatic heterocycles. The average Bonchev–Trinajstić information content (AvgIpc) is 3.07. The number of morpholine rings is 1. The topological polar surface area (TPSA) is 51.1 Å². The lowest BCUT2D eigenvalue weighted by molar-refractivity contribution is -0.113. The van der Waals surface area contributed by atoms with Crippen LogP contribution in [0.15, 0.2) is 52.4 Å². The lowest BCUT2D eigenvalue weighted by atomic mass is 10.2. The number of carbonyl (C=O) groups is 1. The Morgan fingerprint density at radius 2 is 1.79 bits per heavy atom. The molecule has 1 fully saturated rings. The highest BCUT2D eigenvalue weighted by Crippen LogP contribution is 2.34. The van der Waals surface area contributed by atoms with Gasteiger partial charge >= 0.3 is 0 Å². The lowest BCUT2D eigenvalue weighted by Crippen LogP contribution is -2.38. The van der Waals surface area contributed by atoms with Crippen molar-refractivity contribution in [1.82, 2.24) is 4.90 Å². The van der Waals surface area contributed by atoms with Gasteiger partial charge in [-0.15, -0.1) is 0 Å². The maximum Gasteiger partial charge on any atom is 0.286 e. The van der Waals surface area contributed by atoms with Gasteiger partial charge in [0.15, 0.2) is 5.17 Å². The molecular formula is C20H16Cl2N2O3S. The number of hydrogen-bond acceptors (Lipinski definition) is 5. The van der Waals surface area contributed by atoms with Crippen LogP contribution in [0, 0.1) is 0 Å². The summed E-state index contributed by atoms with van der Waals surface area (Å²) in [6.45, 7) is 2.77. The van der Waals surface area contributed by atoms with Gasteiger partial charge in [-0.05, 0) is 65.9 Å². The minimum absolute atomic E-state index is 0.246. The monoisotopic (exact) mass is 434 g/mol. The summed E-state index contributed by atoms with van der Waals surface area (Å²) >= 11 is 13.7. The predicted molar refractivity (Wildman–Crippen MR) is 113 cm³/mol. The normalized spacial score (nSPS) is 18.5. The number of nitrogens with zero attached hydrogens (tertiary/aromatic N) is 2. The Labute approximate surface area is 176 Å². The van der Waals surface area contributed by atoms with Crippen molar-refractivity contribution in [2.75, 3.05) is 26.3 Å². The molecule has 1 amide bonds. The van der Waals surface area contributed by atoms with Crippen molar-refractivity contribution in [1.29, 1.82) is 0 Å². The highest BCUT2D eigenvalue weighted by molar-refractivity contribution is 8.18. The molecule has 0 atom stereocenters. The fourth-order valence-corrected chi connectivity index (χ4v) is 4.06. The number of hydrogen-bond donors (Lipinski definition) is 0. The fourth-order valence-electron chi connectivity index (χ4n) is 2.76. The molecule has 2 aromatic carbocycles. The first kappa shape index (κ1) is 19.3. The third kappa shape index (κ3) is 4.52. The van der Waals surface area contributed by atoms with Crippen molar-refractivity contribution >= 4 is 52.1 Å². The number of amidine groups is 1. The molecule has 0 saturated carbocycles. The van der Waals surface area contributed by atoms with Crippen molar-refractivity contribution < 1.29 is 14.3 Å². The third-order valence-electron chi connectivity index (χ3n) is 4.20. The Hall–Kier alpha value is -1.99. The van der Waals surface area contributed by atoms with E-state index in [9.17, 15) is 4.79 Å². The van der Waals surface area contributed by atoms with Crippen LogP contribution in [0.5, 0.6) is 11.5 Å². The van der Waals surface area contributed by atoms with Gasteiger partial charge in [-0.2, -0.15) is 4.99 Å². The van der Waals surface area contributed by atoms with Crippen LogP contribution in [0.1, 0.15) is 5.56 Å². The number of amides is 1. The molecular weight excluding hydrogens is 419 g/mol. The number of benzene rings is 2. The van der Waals surface area contributed by atoms with E-state index in [1.807, 2.05) is 6.07 Å². The molecule has 5 nitrogen and oxygen atoms in total. The van der Waals surface area contributed by atoms with E-state index >= 15 is 0 Å². The van der Waals surface area contributed by atoms with E-state index in [4.69, 9.17) is 32.7 Å². The standard InChI is InChI=1S/C20H16Cl2N2O3S/c21-14-2-5-15(6-3-14)27-16-4-1-13(17(22)12-16)11-18-19(25)23-20(28-18)24-7-9-26-10-8-24/h1-6,11-12H,7-10H2. The smallest absolute Gasteiger partial charge is 0.286 e. The van der Waals surface area contributed by atoms with E-state index in [0.29, 0.717) is 39.7 Å². The Bertz CT molecular complexity index is 954. The van der Waals surface area contributed by atoms with Crippen LogP contribution in [0.4, 0.5) is 0 Å². The molecule has 2 aliphatic rings. The Balaban J connectivity index is 1.47. The summed E-state index contributed by atoms with van der Waals surface area (Å²) in [5.74, 6) is 1.02. The first-order chi connectivity index (χ1) is 13.6. The minimum atomic E-state index is -0.246. The van der Waals surface area contributed by atoms with Crippen LogP contribution in [-0.4, -0.2) is 42.3 Å². The first-order valence-electron chi connectivity index (χ1n) is 8.67. The van der Waals surface area contributed by atoms with Gasteiger partial charge in [0.2, 0.25) is 0 Å². The molecule has 0 N–H and O–H groups in total. The predicted octanol–water partition coefficient (Wildman–Crippen LogP) is 5.09. The molecule has 0 radical (unpaired) electrons. The molecule has 2 heterocycles.